The Balaban J connectivity index is 2.06. The molecular weight excluding hydrogens is 214 g/mol. The van der Waals surface area contributed by atoms with Crippen molar-refractivity contribution in [1.29, 1.82) is 0 Å². The Morgan fingerprint density at radius 2 is 2.12 bits per heavy atom. The van der Waals surface area contributed by atoms with E-state index >= 15 is 0 Å². The van der Waals surface area contributed by atoms with E-state index in [2.05, 4.69) is 10.3 Å². The van der Waals surface area contributed by atoms with Gasteiger partial charge in [-0.1, -0.05) is 35.5 Å². The maximum Gasteiger partial charge on any atom is 0.152 e. The van der Waals surface area contributed by atoms with Crippen molar-refractivity contribution >= 4 is 11.9 Å². The largest absolute Gasteiger partial charge is 0.295 e. The van der Waals surface area contributed by atoms with Crippen LogP contribution in [0.5, 0.6) is 0 Å². The molecule has 1 aromatic carbocycles. The van der Waals surface area contributed by atoms with Crippen LogP contribution in [0, 0.1) is 0 Å². The van der Waals surface area contributed by atoms with Crippen LogP contribution in [0.3, 0.4) is 0 Å². The zero-order valence-electron chi connectivity index (χ0n) is 9.58. The first-order valence-corrected chi connectivity index (χ1v) is 5.37. The molecule has 1 heterocycles. The molecule has 0 bridgehead atoms. The highest BCUT2D eigenvalue weighted by atomic mass is 16.1. The Morgan fingerprint density at radius 3 is 2.82 bits per heavy atom. The summed E-state index contributed by atoms with van der Waals surface area (Å²) < 4.78 is 1.75. The number of hydrogen-bond acceptors (Lipinski definition) is 3. The number of rotatable bonds is 4. The van der Waals surface area contributed by atoms with Gasteiger partial charge in [0, 0.05) is 0 Å². The lowest BCUT2D eigenvalue weighted by Crippen LogP contribution is -1.99. The summed E-state index contributed by atoms with van der Waals surface area (Å²) in [7, 11) is 0. The Bertz CT molecular complexity index is 529. The third-order valence-corrected chi connectivity index (χ3v) is 2.23. The highest BCUT2D eigenvalue weighted by Gasteiger charge is 1.98. The van der Waals surface area contributed by atoms with Crippen LogP contribution in [0.15, 0.2) is 42.6 Å². The van der Waals surface area contributed by atoms with Crippen LogP contribution in [0.1, 0.15) is 18.2 Å². The second-order valence-corrected chi connectivity index (χ2v) is 3.77. The van der Waals surface area contributed by atoms with Gasteiger partial charge in [0.05, 0.1) is 12.7 Å². The average molecular weight is 227 g/mol. The Labute approximate surface area is 99.6 Å². The normalized spacial score (nSPS) is 10.9. The predicted molar refractivity (Wildman–Crippen MR) is 65.3 cm³/mol. The summed E-state index contributed by atoms with van der Waals surface area (Å²) in [6.45, 7) is 2.19. The van der Waals surface area contributed by atoms with E-state index < -0.39 is 0 Å². The van der Waals surface area contributed by atoms with Gasteiger partial charge in [0.1, 0.15) is 5.69 Å². The van der Waals surface area contributed by atoms with Gasteiger partial charge < -0.3 is 0 Å². The molecule has 0 radical (unpaired) electrons. The van der Waals surface area contributed by atoms with E-state index in [0.29, 0.717) is 12.2 Å². The minimum absolute atomic E-state index is 0.00242. The molecule has 0 aliphatic carbocycles. The first kappa shape index (κ1) is 11.3. The number of nitrogens with zero attached hydrogens (tertiary/aromatic N) is 3. The molecular formula is C13H13N3O. The number of allylic oxidation sites excluding steroid dienone is 1. The van der Waals surface area contributed by atoms with Crippen LogP contribution in [-0.2, 0) is 11.3 Å². The molecule has 4 nitrogen and oxygen atoms in total. The second kappa shape index (κ2) is 5.21. The standard InChI is InChI=1S/C13H13N3O/c1-11(17)7-8-13-10-16(15-14-13)9-12-5-3-2-4-6-12/h2-8,10H,9H2,1H3/b8-7+. The molecule has 0 fully saturated rings. The van der Waals surface area contributed by atoms with Gasteiger partial charge >= 0.3 is 0 Å². The van der Waals surface area contributed by atoms with Crippen LogP contribution >= 0.6 is 0 Å². The van der Waals surface area contributed by atoms with Crippen LogP contribution in [0.2, 0.25) is 0 Å². The van der Waals surface area contributed by atoms with Crippen LogP contribution in [0.4, 0.5) is 0 Å². The molecule has 0 N–H and O–H groups in total. The van der Waals surface area contributed by atoms with Crippen LogP contribution < -0.4 is 0 Å². The summed E-state index contributed by atoms with van der Waals surface area (Å²) >= 11 is 0. The van der Waals surface area contributed by atoms with Gasteiger partial charge in [-0.25, -0.2) is 4.68 Å². The Kier molecular flexibility index (Phi) is 3.45. The number of hydrogen-bond donors (Lipinski definition) is 0. The Hall–Kier alpha value is -2.23. The lowest BCUT2D eigenvalue weighted by Gasteiger charge is -1.98. The summed E-state index contributed by atoms with van der Waals surface area (Å²) in [5, 5.41) is 7.95. The van der Waals surface area contributed by atoms with Crippen LogP contribution in [0.25, 0.3) is 6.08 Å². The van der Waals surface area contributed by atoms with Crippen molar-refractivity contribution in [2.24, 2.45) is 0 Å². The first-order chi connectivity index (χ1) is 8.24. The maximum absolute atomic E-state index is 10.8. The van der Waals surface area contributed by atoms with Crippen molar-refractivity contribution in [2.45, 2.75) is 13.5 Å². The van der Waals surface area contributed by atoms with E-state index in [0.717, 1.165) is 0 Å². The molecule has 0 aliphatic rings. The molecule has 86 valence electrons. The molecule has 17 heavy (non-hydrogen) atoms. The van der Waals surface area contributed by atoms with Gasteiger partial charge in [-0.3, -0.25) is 4.79 Å². The van der Waals surface area contributed by atoms with Crippen molar-refractivity contribution in [3.63, 3.8) is 0 Å². The monoisotopic (exact) mass is 227 g/mol. The molecule has 0 saturated heterocycles. The van der Waals surface area contributed by atoms with E-state index in [-0.39, 0.29) is 5.78 Å². The highest BCUT2D eigenvalue weighted by Crippen LogP contribution is 2.03. The van der Waals surface area contributed by atoms with Gasteiger partial charge in [0.2, 0.25) is 0 Å². The lowest BCUT2D eigenvalue weighted by molar-refractivity contribution is -0.112. The van der Waals surface area contributed by atoms with E-state index in [4.69, 9.17) is 0 Å². The molecule has 0 unspecified atom stereocenters. The molecule has 0 spiro atoms. The fourth-order valence-corrected chi connectivity index (χ4v) is 1.44. The summed E-state index contributed by atoms with van der Waals surface area (Å²) in [5.74, 6) is 0.00242. The van der Waals surface area contributed by atoms with Crippen molar-refractivity contribution in [3.8, 4) is 0 Å². The topological polar surface area (TPSA) is 47.8 Å². The van der Waals surface area contributed by atoms with E-state index in [1.807, 2.05) is 36.5 Å². The van der Waals surface area contributed by atoms with Gasteiger partial charge in [-0.05, 0) is 24.6 Å². The molecule has 4 heteroatoms. The summed E-state index contributed by atoms with van der Waals surface area (Å²) in [6.07, 6.45) is 4.96. The summed E-state index contributed by atoms with van der Waals surface area (Å²) in [4.78, 5) is 10.8. The maximum atomic E-state index is 10.8. The molecule has 0 aliphatic heterocycles. The predicted octanol–water partition coefficient (Wildman–Crippen LogP) is 1.93. The molecule has 2 aromatic rings. The third-order valence-electron chi connectivity index (χ3n) is 2.23. The number of carbonyl (C=O) groups excluding carboxylic acids is 1. The number of carbonyl (C=O) groups is 1. The highest BCUT2D eigenvalue weighted by molar-refractivity contribution is 5.91. The van der Waals surface area contributed by atoms with Crippen molar-refractivity contribution < 1.29 is 4.79 Å². The fraction of sp³-hybridized carbons (Fsp3) is 0.154. The minimum Gasteiger partial charge on any atom is -0.295 e. The summed E-state index contributed by atoms with van der Waals surface area (Å²) in [6, 6.07) is 10.0. The molecule has 2 rings (SSSR count). The van der Waals surface area contributed by atoms with Gasteiger partial charge in [0.25, 0.3) is 0 Å². The molecule has 1 aromatic heterocycles. The zero-order chi connectivity index (χ0) is 12.1. The number of benzene rings is 1. The lowest BCUT2D eigenvalue weighted by atomic mass is 10.2. The zero-order valence-corrected chi connectivity index (χ0v) is 9.58. The molecule has 0 atom stereocenters. The van der Waals surface area contributed by atoms with E-state index in [1.165, 1.54) is 18.6 Å². The van der Waals surface area contributed by atoms with Crippen molar-refractivity contribution in [3.05, 3.63) is 53.9 Å². The van der Waals surface area contributed by atoms with Crippen LogP contribution in [-0.4, -0.2) is 20.8 Å². The number of ketones is 1. The third kappa shape index (κ3) is 3.38. The second-order valence-electron chi connectivity index (χ2n) is 3.77. The molecule has 0 saturated carbocycles. The smallest absolute Gasteiger partial charge is 0.152 e. The summed E-state index contributed by atoms with van der Waals surface area (Å²) in [5.41, 5.74) is 1.86. The minimum atomic E-state index is 0.00242. The van der Waals surface area contributed by atoms with Crippen molar-refractivity contribution in [1.82, 2.24) is 15.0 Å². The molecule has 0 amide bonds. The number of aromatic nitrogens is 3. The SMILES string of the molecule is CC(=O)/C=C/c1cn(Cc2ccccc2)nn1. The van der Waals surface area contributed by atoms with Gasteiger partial charge in [0.15, 0.2) is 5.78 Å². The van der Waals surface area contributed by atoms with Gasteiger partial charge in [-0.15, -0.1) is 5.10 Å². The fourth-order valence-electron chi connectivity index (χ4n) is 1.44. The quantitative estimate of drug-likeness (QED) is 0.750. The average Bonchev–Trinajstić information content (AvgIpc) is 2.75. The van der Waals surface area contributed by atoms with E-state index in [1.54, 1.807) is 10.8 Å². The van der Waals surface area contributed by atoms with Gasteiger partial charge in [-0.2, -0.15) is 0 Å². The van der Waals surface area contributed by atoms with Crippen molar-refractivity contribution in [2.75, 3.05) is 0 Å². The Morgan fingerprint density at radius 1 is 1.35 bits per heavy atom. The first-order valence-electron chi connectivity index (χ1n) is 5.37. The van der Waals surface area contributed by atoms with E-state index in [9.17, 15) is 4.79 Å².